The predicted octanol–water partition coefficient (Wildman–Crippen LogP) is 7.78. The highest BCUT2D eigenvalue weighted by atomic mass is 16.1. The molecular formula is C27H38O. The lowest BCUT2D eigenvalue weighted by atomic mass is 9.83. The van der Waals surface area contributed by atoms with Gasteiger partial charge in [-0.15, -0.1) is 0 Å². The first-order valence-electron chi connectivity index (χ1n) is 11.1. The molecule has 0 heterocycles. The Labute approximate surface area is 172 Å². The molecule has 152 valence electrons. The van der Waals surface area contributed by atoms with Crippen molar-refractivity contribution >= 4 is 5.78 Å². The monoisotopic (exact) mass is 378 g/mol. The fourth-order valence-electron chi connectivity index (χ4n) is 4.33. The first kappa shape index (κ1) is 22.4. The fourth-order valence-corrected chi connectivity index (χ4v) is 4.33. The summed E-state index contributed by atoms with van der Waals surface area (Å²) < 4.78 is 0. The van der Waals surface area contributed by atoms with E-state index in [1.807, 2.05) is 0 Å². The van der Waals surface area contributed by atoms with E-state index < -0.39 is 0 Å². The SMILES string of the molecule is CC(C)C(CCCC(=O)CCCC(c1ccccc1)C(C)C)c1ccccc1. The maximum Gasteiger partial charge on any atom is 0.132 e. The number of carbonyl (C=O) groups is 1. The van der Waals surface area contributed by atoms with Crippen LogP contribution in [0.1, 0.15) is 89.2 Å². The molecule has 0 radical (unpaired) electrons. The second-order valence-electron chi connectivity index (χ2n) is 8.85. The molecule has 0 saturated heterocycles. The van der Waals surface area contributed by atoms with E-state index in [1.54, 1.807) is 0 Å². The Morgan fingerprint density at radius 1 is 0.643 bits per heavy atom. The van der Waals surface area contributed by atoms with E-state index in [-0.39, 0.29) is 0 Å². The Balaban J connectivity index is 1.74. The van der Waals surface area contributed by atoms with Gasteiger partial charge in [0, 0.05) is 12.8 Å². The van der Waals surface area contributed by atoms with Gasteiger partial charge in [-0.05, 0) is 60.5 Å². The number of ketones is 1. The molecule has 0 aliphatic carbocycles. The lowest BCUT2D eigenvalue weighted by Gasteiger charge is -2.22. The minimum Gasteiger partial charge on any atom is -0.300 e. The van der Waals surface area contributed by atoms with Gasteiger partial charge in [0.15, 0.2) is 0 Å². The van der Waals surface area contributed by atoms with E-state index in [2.05, 4.69) is 88.4 Å². The molecule has 0 spiro atoms. The summed E-state index contributed by atoms with van der Waals surface area (Å²) >= 11 is 0. The largest absolute Gasteiger partial charge is 0.300 e. The van der Waals surface area contributed by atoms with Crippen LogP contribution in [0.5, 0.6) is 0 Å². The van der Waals surface area contributed by atoms with Crippen molar-refractivity contribution in [3.63, 3.8) is 0 Å². The van der Waals surface area contributed by atoms with Gasteiger partial charge in [-0.1, -0.05) is 88.4 Å². The molecule has 2 aromatic rings. The molecule has 2 aromatic carbocycles. The summed E-state index contributed by atoms with van der Waals surface area (Å²) in [6.07, 6.45) is 5.67. The van der Waals surface area contributed by atoms with Gasteiger partial charge >= 0.3 is 0 Å². The highest BCUT2D eigenvalue weighted by Crippen LogP contribution is 2.31. The molecule has 2 atom stereocenters. The van der Waals surface area contributed by atoms with Gasteiger partial charge in [0.1, 0.15) is 5.78 Å². The molecular weight excluding hydrogens is 340 g/mol. The van der Waals surface area contributed by atoms with Crippen LogP contribution in [-0.2, 0) is 4.79 Å². The molecule has 1 heteroatoms. The second kappa shape index (κ2) is 11.8. The van der Waals surface area contributed by atoms with E-state index in [4.69, 9.17) is 0 Å². The lowest BCUT2D eigenvalue weighted by Crippen LogP contribution is -2.09. The molecule has 0 aliphatic heterocycles. The highest BCUT2D eigenvalue weighted by molar-refractivity contribution is 5.78. The number of carbonyl (C=O) groups excluding carboxylic acids is 1. The third-order valence-electron chi connectivity index (χ3n) is 6.01. The first-order chi connectivity index (χ1) is 13.5. The Hall–Kier alpha value is -1.89. The minimum absolute atomic E-state index is 0.436. The van der Waals surface area contributed by atoms with Gasteiger partial charge in [-0.25, -0.2) is 0 Å². The average molecular weight is 379 g/mol. The summed E-state index contributed by atoms with van der Waals surface area (Å²) in [6.45, 7) is 9.15. The third-order valence-corrected chi connectivity index (χ3v) is 6.01. The van der Waals surface area contributed by atoms with Crippen molar-refractivity contribution < 1.29 is 4.79 Å². The Morgan fingerprint density at radius 3 is 1.32 bits per heavy atom. The Kier molecular flexibility index (Phi) is 9.47. The zero-order chi connectivity index (χ0) is 20.4. The van der Waals surface area contributed by atoms with Crippen LogP contribution in [0.4, 0.5) is 0 Å². The summed E-state index contributed by atoms with van der Waals surface area (Å²) in [7, 11) is 0. The molecule has 0 amide bonds. The van der Waals surface area contributed by atoms with E-state index in [0.717, 1.165) is 38.5 Å². The van der Waals surface area contributed by atoms with Gasteiger partial charge in [0.05, 0.1) is 0 Å². The van der Waals surface area contributed by atoms with Gasteiger partial charge in [0.25, 0.3) is 0 Å². The standard InChI is InChI=1S/C27H38O/c1-21(2)26(23-13-7-5-8-14-23)19-11-17-25(28)18-12-20-27(22(3)4)24-15-9-6-10-16-24/h5-10,13-16,21-22,26-27H,11-12,17-20H2,1-4H3. The molecule has 28 heavy (non-hydrogen) atoms. The van der Waals surface area contributed by atoms with Crippen LogP contribution < -0.4 is 0 Å². The average Bonchev–Trinajstić information content (AvgIpc) is 2.69. The third kappa shape index (κ3) is 7.26. The number of rotatable bonds is 12. The quantitative estimate of drug-likeness (QED) is 0.368. The van der Waals surface area contributed by atoms with Crippen LogP contribution in [0.15, 0.2) is 60.7 Å². The number of hydrogen-bond donors (Lipinski definition) is 0. The van der Waals surface area contributed by atoms with Crippen LogP contribution in [0.3, 0.4) is 0 Å². The molecule has 2 unspecified atom stereocenters. The maximum absolute atomic E-state index is 12.4. The summed E-state index contributed by atoms with van der Waals surface area (Å²) in [5, 5.41) is 0. The van der Waals surface area contributed by atoms with Gasteiger partial charge in [0.2, 0.25) is 0 Å². The maximum atomic E-state index is 12.4. The lowest BCUT2D eigenvalue weighted by molar-refractivity contribution is -0.119. The topological polar surface area (TPSA) is 17.1 Å². The number of Topliss-reactive ketones (excluding diaryl/α,β-unsaturated/α-hetero) is 1. The normalized spacial score (nSPS) is 13.6. The van der Waals surface area contributed by atoms with Crippen LogP contribution >= 0.6 is 0 Å². The smallest absolute Gasteiger partial charge is 0.132 e. The van der Waals surface area contributed by atoms with Crippen molar-refractivity contribution in [3.8, 4) is 0 Å². The molecule has 1 nitrogen and oxygen atoms in total. The van der Waals surface area contributed by atoms with Crippen LogP contribution in [-0.4, -0.2) is 5.78 Å². The fraction of sp³-hybridized carbons (Fsp3) is 0.519. The van der Waals surface area contributed by atoms with Crippen molar-refractivity contribution in [2.24, 2.45) is 11.8 Å². The van der Waals surface area contributed by atoms with E-state index in [1.165, 1.54) is 11.1 Å². The van der Waals surface area contributed by atoms with Crippen molar-refractivity contribution in [1.82, 2.24) is 0 Å². The predicted molar refractivity (Wildman–Crippen MR) is 121 cm³/mol. The Bertz CT molecular complexity index is 612. The summed E-state index contributed by atoms with van der Waals surface area (Å²) in [4.78, 5) is 12.4. The molecule has 0 bridgehead atoms. The second-order valence-corrected chi connectivity index (χ2v) is 8.85. The van der Waals surface area contributed by atoms with Crippen LogP contribution in [0, 0.1) is 11.8 Å². The van der Waals surface area contributed by atoms with E-state index in [9.17, 15) is 4.79 Å². The van der Waals surface area contributed by atoms with Gasteiger partial charge < -0.3 is 0 Å². The summed E-state index contributed by atoms with van der Waals surface area (Å²) in [6, 6.07) is 21.5. The van der Waals surface area contributed by atoms with Crippen LogP contribution in [0.2, 0.25) is 0 Å². The summed E-state index contributed by atoms with van der Waals surface area (Å²) in [5.74, 6) is 2.76. The molecule has 0 aromatic heterocycles. The van der Waals surface area contributed by atoms with E-state index >= 15 is 0 Å². The molecule has 0 fully saturated rings. The molecule has 0 N–H and O–H groups in total. The zero-order valence-corrected chi connectivity index (χ0v) is 18.2. The van der Waals surface area contributed by atoms with Crippen molar-refractivity contribution in [2.75, 3.05) is 0 Å². The van der Waals surface area contributed by atoms with E-state index in [0.29, 0.717) is 29.5 Å². The molecule has 2 rings (SSSR count). The van der Waals surface area contributed by atoms with Crippen molar-refractivity contribution in [3.05, 3.63) is 71.8 Å². The number of hydrogen-bond acceptors (Lipinski definition) is 1. The van der Waals surface area contributed by atoms with Gasteiger partial charge in [-0.3, -0.25) is 4.79 Å². The molecule has 0 aliphatic rings. The molecule has 0 saturated carbocycles. The summed E-state index contributed by atoms with van der Waals surface area (Å²) in [5.41, 5.74) is 2.82. The van der Waals surface area contributed by atoms with Crippen LogP contribution in [0.25, 0.3) is 0 Å². The van der Waals surface area contributed by atoms with Crippen molar-refractivity contribution in [1.29, 1.82) is 0 Å². The Morgan fingerprint density at radius 2 is 1.00 bits per heavy atom. The highest BCUT2D eigenvalue weighted by Gasteiger charge is 2.17. The first-order valence-corrected chi connectivity index (χ1v) is 11.1. The zero-order valence-electron chi connectivity index (χ0n) is 18.2. The number of benzene rings is 2. The minimum atomic E-state index is 0.436. The van der Waals surface area contributed by atoms with Crippen molar-refractivity contribution in [2.45, 2.75) is 78.1 Å². The van der Waals surface area contributed by atoms with Gasteiger partial charge in [-0.2, -0.15) is 0 Å².